The summed E-state index contributed by atoms with van der Waals surface area (Å²) in [4.78, 5) is 36.2. The summed E-state index contributed by atoms with van der Waals surface area (Å²) in [5.74, 6) is -1.61. The first kappa shape index (κ1) is 19.3. The Balaban J connectivity index is 1.72. The first-order valence-electron chi connectivity index (χ1n) is 9.04. The molecule has 8 heteroatoms. The topological polar surface area (TPSA) is 113 Å². The van der Waals surface area contributed by atoms with Crippen molar-refractivity contribution in [2.75, 3.05) is 18.4 Å². The fraction of sp³-hybridized carbons (Fsp3) is 0.300. The lowest BCUT2D eigenvalue weighted by molar-refractivity contribution is -0.384. The number of nitro benzene ring substituents is 1. The Morgan fingerprint density at radius 1 is 1.14 bits per heavy atom. The van der Waals surface area contributed by atoms with Gasteiger partial charge in [0.25, 0.3) is 11.6 Å². The fourth-order valence-corrected chi connectivity index (χ4v) is 3.27. The minimum atomic E-state index is -0.850. The number of carboxylic acid groups (broad SMARTS) is 1. The highest BCUT2D eigenvalue weighted by Crippen LogP contribution is 2.28. The average Bonchev–Trinajstić information content (AvgIpc) is 2.72. The van der Waals surface area contributed by atoms with Crippen molar-refractivity contribution in [3.8, 4) is 0 Å². The van der Waals surface area contributed by atoms with Gasteiger partial charge in [-0.1, -0.05) is 30.3 Å². The van der Waals surface area contributed by atoms with Gasteiger partial charge in [-0.25, -0.2) is 0 Å². The second-order valence-electron chi connectivity index (χ2n) is 6.73. The van der Waals surface area contributed by atoms with Crippen LogP contribution in [0.1, 0.15) is 28.8 Å². The number of anilines is 1. The maximum absolute atomic E-state index is 12.7. The van der Waals surface area contributed by atoms with Crippen molar-refractivity contribution < 1.29 is 19.6 Å². The Labute approximate surface area is 161 Å². The van der Waals surface area contributed by atoms with Crippen molar-refractivity contribution in [3.63, 3.8) is 0 Å². The van der Waals surface area contributed by atoms with E-state index < -0.39 is 16.8 Å². The zero-order valence-corrected chi connectivity index (χ0v) is 15.2. The van der Waals surface area contributed by atoms with Crippen molar-refractivity contribution in [1.82, 2.24) is 4.90 Å². The molecule has 1 heterocycles. The predicted molar refractivity (Wildman–Crippen MR) is 103 cm³/mol. The third-order valence-corrected chi connectivity index (χ3v) is 4.90. The highest BCUT2D eigenvalue weighted by atomic mass is 16.6. The molecule has 2 aromatic carbocycles. The predicted octanol–water partition coefficient (Wildman–Crippen LogP) is 3.14. The van der Waals surface area contributed by atoms with Crippen LogP contribution in [0.25, 0.3) is 0 Å². The zero-order valence-electron chi connectivity index (χ0n) is 15.2. The monoisotopic (exact) mass is 383 g/mol. The Bertz CT molecular complexity index is 877. The second kappa shape index (κ2) is 8.51. The van der Waals surface area contributed by atoms with Crippen LogP contribution < -0.4 is 5.32 Å². The van der Waals surface area contributed by atoms with Crippen molar-refractivity contribution in [3.05, 3.63) is 69.8 Å². The summed E-state index contributed by atoms with van der Waals surface area (Å²) in [6.07, 6.45) is 0.778. The van der Waals surface area contributed by atoms with Gasteiger partial charge in [0.1, 0.15) is 5.69 Å². The van der Waals surface area contributed by atoms with Crippen LogP contribution in [0, 0.1) is 16.0 Å². The zero-order chi connectivity index (χ0) is 20.1. The molecule has 1 aliphatic rings. The van der Waals surface area contributed by atoms with Gasteiger partial charge in [0, 0.05) is 31.3 Å². The molecular formula is C20H21N3O5. The number of benzene rings is 2. The van der Waals surface area contributed by atoms with Gasteiger partial charge in [-0.15, -0.1) is 0 Å². The number of likely N-dealkylation sites (tertiary alicyclic amines) is 1. The first-order valence-corrected chi connectivity index (χ1v) is 9.04. The fourth-order valence-electron chi connectivity index (χ4n) is 3.27. The molecule has 0 saturated carbocycles. The lowest BCUT2D eigenvalue weighted by atomic mass is 9.96. The Kier molecular flexibility index (Phi) is 5.88. The standard InChI is InChI=1S/C20H21N3O5/c24-19(22-10-8-15(9-11-22)20(25)26)16-6-7-17(18(12-16)23(27)28)21-13-14-4-2-1-3-5-14/h1-7,12,15,21H,8-11,13H2,(H,25,26). The van der Waals surface area contributed by atoms with E-state index in [0.29, 0.717) is 38.2 Å². The van der Waals surface area contributed by atoms with E-state index in [1.807, 2.05) is 30.3 Å². The van der Waals surface area contributed by atoms with Crippen LogP contribution in [-0.2, 0) is 11.3 Å². The summed E-state index contributed by atoms with van der Waals surface area (Å²) in [6, 6.07) is 13.9. The molecule has 146 valence electrons. The number of aliphatic carboxylic acids is 1. The summed E-state index contributed by atoms with van der Waals surface area (Å²) in [5.41, 5.74) is 1.39. The molecule has 1 aliphatic heterocycles. The Morgan fingerprint density at radius 2 is 1.82 bits per heavy atom. The molecule has 28 heavy (non-hydrogen) atoms. The number of carboxylic acids is 1. The number of piperidine rings is 1. The Morgan fingerprint density at radius 3 is 2.43 bits per heavy atom. The molecule has 0 spiro atoms. The number of nitrogens with one attached hydrogen (secondary N) is 1. The van der Waals surface area contributed by atoms with Crippen LogP contribution in [0.2, 0.25) is 0 Å². The van der Waals surface area contributed by atoms with Crippen molar-refractivity contribution in [2.24, 2.45) is 5.92 Å². The number of carbonyl (C=O) groups excluding carboxylic acids is 1. The molecule has 2 aromatic rings. The van der Waals surface area contributed by atoms with Gasteiger partial charge in [0.05, 0.1) is 10.8 Å². The third-order valence-electron chi connectivity index (χ3n) is 4.90. The van der Waals surface area contributed by atoms with Gasteiger partial charge in [-0.05, 0) is 30.5 Å². The van der Waals surface area contributed by atoms with Gasteiger partial charge in [0.2, 0.25) is 0 Å². The summed E-state index contributed by atoms with van der Waals surface area (Å²) in [7, 11) is 0. The van der Waals surface area contributed by atoms with Crippen LogP contribution in [0.15, 0.2) is 48.5 Å². The number of rotatable bonds is 6. The van der Waals surface area contributed by atoms with E-state index in [-0.39, 0.29) is 17.2 Å². The van der Waals surface area contributed by atoms with Crippen molar-refractivity contribution in [2.45, 2.75) is 19.4 Å². The molecule has 2 N–H and O–H groups in total. The van der Waals surface area contributed by atoms with Crippen molar-refractivity contribution >= 4 is 23.3 Å². The van der Waals surface area contributed by atoms with Crippen LogP contribution >= 0.6 is 0 Å². The number of nitro groups is 1. The molecule has 0 aromatic heterocycles. The molecule has 1 fully saturated rings. The van der Waals surface area contributed by atoms with Gasteiger partial charge in [-0.3, -0.25) is 19.7 Å². The van der Waals surface area contributed by atoms with Crippen LogP contribution in [-0.4, -0.2) is 39.9 Å². The average molecular weight is 383 g/mol. The highest BCUT2D eigenvalue weighted by molar-refractivity contribution is 5.96. The molecule has 0 unspecified atom stereocenters. The second-order valence-corrected chi connectivity index (χ2v) is 6.73. The Hall–Kier alpha value is -3.42. The third kappa shape index (κ3) is 4.46. The van der Waals surface area contributed by atoms with Gasteiger partial charge >= 0.3 is 5.97 Å². The smallest absolute Gasteiger partial charge is 0.306 e. The maximum Gasteiger partial charge on any atom is 0.306 e. The molecule has 8 nitrogen and oxygen atoms in total. The minimum Gasteiger partial charge on any atom is -0.481 e. The summed E-state index contributed by atoms with van der Waals surface area (Å²) < 4.78 is 0. The molecular weight excluding hydrogens is 362 g/mol. The van der Waals surface area contributed by atoms with E-state index in [1.165, 1.54) is 12.1 Å². The van der Waals surface area contributed by atoms with E-state index in [2.05, 4.69) is 5.32 Å². The van der Waals surface area contributed by atoms with E-state index >= 15 is 0 Å². The molecule has 1 saturated heterocycles. The van der Waals surface area contributed by atoms with Gasteiger partial charge in [0.15, 0.2) is 0 Å². The van der Waals surface area contributed by atoms with Crippen LogP contribution in [0.5, 0.6) is 0 Å². The number of nitrogens with zero attached hydrogens (tertiary/aromatic N) is 2. The number of hydrogen-bond donors (Lipinski definition) is 2. The molecule has 1 amide bonds. The largest absolute Gasteiger partial charge is 0.481 e. The number of hydrogen-bond acceptors (Lipinski definition) is 5. The van der Waals surface area contributed by atoms with E-state index in [1.54, 1.807) is 11.0 Å². The number of amides is 1. The lowest BCUT2D eigenvalue weighted by Crippen LogP contribution is -2.40. The van der Waals surface area contributed by atoms with Crippen LogP contribution in [0.4, 0.5) is 11.4 Å². The molecule has 3 rings (SSSR count). The summed E-state index contributed by atoms with van der Waals surface area (Å²) >= 11 is 0. The summed E-state index contributed by atoms with van der Waals surface area (Å²) in [5, 5.41) is 23.6. The maximum atomic E-state index is 12.7. The van der Waals surface area contributed by atoms with E-state index in [4.69, 9.17) is 5.11 Å². The summed E-state index contributed by atoms with van der Waals surface area (Å²) in [6.45, 7) is 1.09. The molecule has 0 radical (unpaired) electrons. The molecule has 0 aliphatic carbocycles. The normalized spacial score (nSPS) is 14.5. The molecule has 0 bridgehead atoms. The number of carbonyl (C=O) groups is 2. The van der Waals surface area contributed by atoms with Gasteiger partial charge < -0.3 is 15.3 Å². The minimum absolute atomic E-state index is 0.165. The molecule has 0 atom stereocenters. The van der Waals surface area contributed by atoms with Crippen molar-refractivity contribution in [1.29, 1.82) is 0 Å². The van der Waals surface area contributed by atoms with E-state index in [9.17, 15) is 19.7 Å². The lowest BCUT2D eigenvalue weighted by Gasteiger charge is -2.30. The van der Waals surface area contributed by atoms with Crippen LogP contribution in [0.3, 0.4) is 0 Å². The first-order chi connectivity index (χ1) is 13.5. The van der Waals surface area contributed by atoms with Gasteiger partial charge in [-0.2, -0.15) is 0 Å². The highest BCUT2D eigenvalue weighted by Gasteiger charge is 2.28. The van der Waals surface area contributed by atoms with E-state index in [0.717, 1.165) is 5.56 Å². The SMILES string of the molecule is O=C(O)C1CCN(C(=O)c2ccc(NCc3ccccc3)c([N+](=O)[O-])c2)CC1. The quantitative estimate of drug-likeness (QED) is 0.585.